The van der Waals surface area contributed by atoms with E-state index in [9.17, 15) is 14.7 Å². The molecule has 0 heterocycles. The Morgan fingerprint density at radius 1 is 1.11 bits per heavy atom. The standard InChI is InChI=1S/C21H26BrN3O3/c1-15-16(22)9-8-11-17(15)24-25-21(28)14-5-3-2-4-13-20(27)23-18-10-6-7-12-19(18)26/h6-10,12,26H,2-5,11,13-14H2,1H3,(H,23,27)(H,25,28)/b24-17+. The molecule has 0 fully saturated rings. The number of benzene rings is 1. The molecule has 1 aliphatic carbocycles. The number of aromatic hydroxyl groups is 1. The molecule has 0 aromatic heterocycles. The fourth-order valence-electron chi connectivity index (χ4n) is 2.72. The number of carbonyl (C=O) groups excluding carboxylic acids is 2. The molecule has 0 spiro atoms. The van der Waals surface area contributed by atoms with Gasteiger partial charge in [0.05, 0.1) is 11.4 Å². The molecule has 0 aliphatic heterocycles. The summed E-state index contributed by atoms with van der Waals surface area (Å²) in [4.78, 5) is 23.8. The Hall–Kier alpha value is -2.41. The molecule has 2 amide bonds. The van der Waals surface area contributed by atoms with Crippen molar-refractivity contribution in [3.63, 3.8) is 0 Å². The lowest BCUT2D eigenvalue weighted by atomic mass is 10.0. The van der Waals surface area contributed by atoms with Gasteiger partial charge in [-0.3, -0.25) is 9.59 Å². The second-order valence-electron chi connectivity index (χ2n) is 6.65. The maximum atomic E-state index is 11.9. The fraction of sp³-hybridized carbons (Fsp3) is 0.381. The van der Waals surface area contributed by atoms with E-state index >= 15 is 0 Å². The van der Waals surface area contributed by atoms with E-state index in [1.54, 1.807) is 18.2 Å². The van der Waals surface area contributed by atoms with E-state index < -0.39 is 0 Å². The number of unbranched alkanes of at least 4 members (excludes halogenated alkanes) is 3. The minimum Gasteiger partial charge on any atom is -0.506 e. The predicted octanol–water partition coefficient (Wildman–Crippen LogP) is 4.77. The fourth-order valence-corrected chi connectivity index (χ4v) is 3.14. The minimum atomic E-state index is -0.119. The van der Waals surface area contributed by atoms with E-state index in [1.807, 2.05) is 19.1 Å². The van der Waals surface area contributed by atoms with Crippen LogP contribution in [0.5, 0.6) is 5.75 Å². The molecule has 2 rings (SSSR count). The number of carbonyl (C=O) groups is 2. The van der Waals surface area contributed by atoms with Crippen molar-refractivity contribution in [3.8, 4) is 5.75 Å². The van der Waals surface area contributed by atoms with Crippen LogP contribution in [0.3, 0.4) is 0 Å². The number of nitrogens with one attached hydrogen (secondary N) is 2. The highest BCUT2D eigenvalue weighted by atomic mass is 79.9. The maximum absolute atomic E-state index is 11.9. The summed E-state index contributed by atoms with van der Waals surface area (Å²) in [7, 11) is 0. The number of hydrazone groups is 1. The molecule has 1 aromatic rings. The third-order valence-corrected chi connectivity index (χ3v) is 5.28. The second kappa shape index (κ2) is 11.4. The Morgan fingerprint density at radius 2 is 1.79 bits per heavy atom. The molecule has 0 unspecified atom stereocenters. The van der Waals surface area contributed by atoms with Gasteiger partial charge in [0.15, 0.2) is 0 Å². The van der Waals surface area contributed by atoms with Crippen molar-refractivity contribution in [1.29, 1.82) is 0 Å². The largest absolute Gasteiger partial charge is 0.506 e. The van der Waals surface area contributed by atoms with Gasteiger partial charge in [-0.1, -0.05) is 53.1 Å². The van der Waals surface area contributed by atoms with Crippen LogP contribution in [-0.4, -0.2) is 22.6 Å². The molecular formula is C21H26BrN3O3. The third-order valence-electron chi connectivity index (χ3n) is 4.42. The van der Waals surface area contributed by atoms with Crippen LogP contribution < -0.4 is 10.7 Å². The first-order valence-corrected chi connectivity index (χ1v) is 10.2. The maximum Gasteiger partial charge on any atom is 0.240 e. The Bertz CT molecular complexity index is 800. The van der Waals surface area contributed by atoms with Gasteiger partial charge in [0, 0.05) is 23.7 Å². The summed E-state index contributed by atoms with van der Waals surface area (Å²) in [6.07, 6.45) is 8.75. The zero-order chi connectivity index (χ0) is 20.4. The smallest absolute Gasteiger partial charge is 0.240 e. The monoisotopic (exact) mass is 447 g/mol. The van der Waals surface area contributed by atoms with E-state index in [1.165, 1.54) is 6.07 Å². The van der Waals surface area contributed by atoms with Crippen molar-refractivity contribution < 1.29 is 14.7 Å². The molecule has 0 radical (unpaired) electrons. The van der Waals surface area contributed by atoms with Crippen molar-refractivity contribution in [2.45, 2.75) is 51.9 Å². The normalized spacial score (nSPS) is 15.0. The Kier molecular flexibility index (Phi) is 8.94. The number of phenols is 1. The predicted molar refractivity (Wildman–Crippen MR) is 115 cm³/mol. The van der Waals surface area contributed by atoms with Crippen molar-refractivity contribution in [2.75, 3.05) is 5.32 Å². The highest BCUT2D eigenvalue weighted by Crippen LogP contribution is 2.22. The van der Waals surface area contributed by atoms with Crippen LogP contribution in [0.1, 0.15) is 51.9 Å². The number of anilines is 1. The van der Waals surface area contributed by atoms with Gasteiger partial charge in [0.1, 0.15) is 5.75 Å². The average Bonchev–Trinajstić information content (AvgIpc) is 2.67. The molecule has 0 saturated carbocycles. The Labute approximate surface area is 173 Å². The molecule has 150 valence electrons. The summed E-state index contributed by atoms with van der Waals surface area (Å²) in [6, 6.07) is 6.66. The lowest BCUT2D eigenvalue weighted by Gasteiger charge is -2.10. The number of rotatable bonds is 9. The van der Waals surface area contributed by atoms with Crippen molar-refractivity contribution in [3.05, 3.63) is 46.5 Å². The number of halogens is 1. The Morgan fingerprint density at radius 3 is 2.50 bits per heavy atom. The Balaban J connectivity index is 1.56. The number of hydrogen-bond donors (Lipinski definition) is 3. The van der Waals surface area contributed by atoms with Gasteiger partial charge in [-0.15, -0.1) is 0 Å². The van der Waals surface area contributed by atoms with Crippen molar-refractivity contribution in [2.24, 2.45) is 5.10 Å². The summed E-state index contributed by atoms with van der Waals surface area (Å²) in [5.74, 6) is -0.151. The number of hydrogen-bond acceptors (Lipinski definition) is 4. The van der Waals surface area contributed by atoms with Crippen LogP contribution in [0.2, 0.25) is 0 Å². The molecule has 3 N–H and O–H groups in total. The lowest BCUT2D eigenvalue weighted by molar-refractivity contribution is -0.121. The summed E-state index contributed by atoms with van der Waals surface area (Å²) in [6.45, 7) is 1.97. The van der Waals surface area contributed by atoms with E-state index in [0.29, 0.717) is 24.9 Å². The van der Waals surface area contributed by atoms with Gasteiger partial charge in [-0.2, -0.15) is 5.10 Å². The van der Waals surface area contributed by atoms with E-state index in [-0.39, 0.29) is 17.6 Å². The molecule has 1 aliphatic rings. The topological polar surface area (TPSA) is 90.8 Å². The number of para-hydroxylation sites is 2. The summed E-state index contributed by atoms with van der Waals surface area (Å²) in [5.41, 5.74) is 4.94. The SMILES string of the molecule is CC1=C(Br)C=CC/C1=N\NC(=O)CCCCCCC(=O)Nc1ccccc1O. The zero-order valence-corrected chi connectivity index (χ0v) is 17.6. The van der Waals surface area contributed by atoms with E-state index in [0.717, 1.165) is 41.5 Å². The van der Waals surface area contributed by atoms with Crippen LogP contribution in [0, 0.1) is 0 Å². The van der Waals surface area contributed by atoms with Crippen LogP contribution in [0.25, 0.3) is 0 Å². The third kappa shape index (κ3) is 7.31. The first-order chi connectivity index (χ1) is 13.5. The molecule has 7 heteroatoms. The number of nitrogens with zero attached hydrogens (tertiary/aromatic N) is 1. The van der Waals surface area contributed by atoms with Gasteiger partial charge in [-0.05, 0) is 37.5 Å². The summed E-state index contributed by atoms with van der Waals surface area (Å²) < 4.78 is 0.985. The molecule has 0 atom stereocenters. The van der Waals surface area contributed by atoms with E-state index in [4.69, 9.17) is 0 Å². The van der Waals surface area contributed by atoms with Gasteiger partial charge >= 0.3 is 0 Å². The first kappa shape index (κ1) is 21.9. The van der Waals surface area contributed by atoms with Crippen LogP contribution in [-0.2, 0) is 9.59 Å². The minimum absolute atomic E-state index is 0.0627. The molecular weight excluding hydrogens is 422 g/mol. The molecule has 6 nitrogen and oxygen atoms in total. The van der Waals surface area contributed by atoms with Gasteiger partial charge in [-0.25, -0.2) is 5.43 Å². The van der Waals surface area contributed by atoms with Gasteiger partial charge < -0.3 is 10.4 Å². The number of allylic oxidation sites excluding steroid dienone is 4. The molecule has 1 aromatic carbocycles. The van der Waals surface area contributed by atoms with Crippen molar-refractivity contribution in [1.82, 2.24) is 5.43 Å². The first-order valence-electron chi connectivity index (χ1n) is 9.44. The van der Waals surface area contributed by atoms with Crippen LogP contribution >= 0.6 is 15.9 Å². The zero-order valence-electron chi connectivity index (χ0n) is 16.0. The summed E-state index contributed by atoms with van der Waals surface area (Å²) in [5, 5.41) is 16.5. The van der Waals surface area contributed by atoms with Crippen LogP contribution in [0.4, 0.5) is 5.69 Å². The van der Waals surface area contributed by atoms with Gasteiger partial charge in [0.25, 0.3) is 0 Å². The van der Waals surface area contributed by atoms with Crippen molar-refractivity contribution >= 4 is 39.1 Å². The second-order valence-corrected chi connectivity index (χ2v) is 7.51. The number of amides is 2. The lowest BCUT2D eigenvalue weighted by Crippen LogP contribution is -2.20. The average molecular weight is 448 g/mol. The highest BCUT2D eigenvalue weighted by Gasteiger charge is 2.10. The quantitative estimate of drug-likeness (QED) is 0.289. The van der Waals surface area contributed by atoms with Gasteiger partial charge in [0.2, 0.25) is 11.8 Å². The molecule has 0 bridgehead atoms. The highest BCUT2D eigenvalue weighted by molar-refractivity contribution is 9.12. The summed E-state index contributed by atoms with van der Waals surface area (Å²) >= 11 is 3.46. The van der Waals surface area contributed by atoms with Crippen LogP contribution in [0.15, 0.2) is 51.6 Å². The number of phenolic OH excluding ortho intramolecular Hbond substituents is 1. The van der Waals surface area contributed by atoms with E-state index in [2.05, 4.69) is 31.8 Å². The molecule has 0 saturated heterocycles. The molecule has 28 heavy (non-hydrogen) atoms.